The van der Waals surface area contributed by atoms with E-state index in [2.05, 4.69) is 31.9 Å². The van der Waals surface area contributed by atoms with Gasteiger partial charge in [0, 0.05) is 64.9 Å². The van der Waals surface area contributed by atoms with Crippen LogP contribution in [0.3, 0.4) is 0 Å². The Bertz CT molecular complexity index is 2290. The third-order valence-electron chi connectivity index (χ3n) is 9.34. The fourth-order valence-electron chi connectivity index (χ4n) is 6.37. The number of hydrogen-bond acceptors (Lipinski definition) is 11. The molecule has 15 heteroatoms. The smallest absolute Gasteiger partial charge is 0.345 e. The van der Waals surface area contributed by atoms with E-state index < -0.39 is 24.5 Å². The fraction of sp³-hybridized carbons (Fsp3) is 0.333. The van der Waals surface area contributed by atoms with Crippen LogP contribution in [0.15, 0.2) is 71.5 Å². The molecule has 12 nitrogen and oxygen atoms in total. The summed E-state index contributed by atoms with van der Waals surface area (Å²) in [4.78, 5) is 27.3. The van der Waals surface area contributed by atoms with E-state index in [0.717, 1.165) is 38.4 Å². The van der Waals surface area contributed by atoms with Gasteiger partial charge in [0.1, 0.15) is 41.6 Å². The summed E-state index contributed by atoms with van der Waals surface area (Å²) in [7, 11) is 2.11. The molecular formula is C39H40ClFN6O6S. The van der Waals surface area contributed by atoms with Crippen LogP contribution in [-0.2, 0) is 24.3 Å². The number of hydrogen-bond donors (Lipinski definition) is 1. The van der Waals surface area contributed by atoms with Gasteiger partial charge in [0.05, 0.1) is 21.0 Å². The van der Waals surface area contributed by atoms with E-state index in [1.165, 1.54) is 29.8 Å². The summed E-state index contributed by atoms with van der Waals surface area (Å²) < 4.78 is 49.2. The summed E-state index contributed by atoms with van der Waals surface area (Å²) in [6.45, 7) is 9.78. The number of halogens is 2. The van der Waals surface area contributed by atoms with Gasteiger partial charge in [0.25, 0.3) is 6.01 Å². The van der Waals surface area contributed by atoms with E-state index in [1.807, 2.05) is 26.0 Å². The first-order chi connectivity index (χ1) is 26.6. The number of fused-ring (bicyclic) bond motifs is 1. The van der Waals surface area contributed by atoms with Crippen LogP contribution in [0, 0.1) is 12.9 Å². The number of benzene rings is 2. The summed E-state index contributed by atoms with van der Waals surface area (Å²) in [5, 5.41) is 15.5. The van der Waals surface area contributed by atoms with Crippen LogP contribution in [-0.4, -0.2) is 93.1 Å². The fourth-order valence-corrected chi connectivity index (χ4v) is 7.70. The number of nitrogens with zero attached hydrogens (tertiary/aromatic N) is 6. The summed E-state index contributed by atoms with van der Waals surface area (Å²) in [6.07, 6.45) is -0.220. The van der Waals surface area contributed by atoms with Gasteiger partial charge in [0.15, 0.2) is 0 Å². The molecule has 1 fully saturated rings. The molecule has 2 unspecified atom stereocenters. The zero-order valence-electron chi connectivity index (χ0n) is 31.0. The second kappa shape index (κ2) is 16.6. The number of carboxylic acids is 1. The molecule has 54 heavy (non-hydrogen) atoms. The van der Waals surface area contributed by atoms with Crippen LogP contribution in [0.2, 0.25) is 5.02 Å². The Hall–Kier alpha value is -5.02. The molecule has 1 aliphatic rings. The van der Waals surface area contributed by atoms with E-state index in [1.54, 1.807) is 41.2 Å². The number of carboxylic acid groups (broad SMARTS) is 1. The van der Waals surface area contributed by atoms with Crippen LogP contribution in [0.25, 0.3) is 32.0 Å². The maximum Gasteiger partial charge on any atom is 0.345 e. The van der Waals surface area contributed by atoms with Gasteiger partial charge in [0.2, 0.25) is 12.0 Å². The van der Waals surface area contributed by atoms with Gasteiger partial charge in [-0.3, -0.25) is 9.58 Å². The van der Waals surface area contributed by atoms with E-state index in [4.69, 9.17) is 31.6 Å². The summed E-state index contributed by atoms with van der Waals surface area (Å²) in [5.41, 5.74) is 2.94. The number of ether oxygens (including phenoxy) is 3. The highest BCUT2D eigenvalue weighted by Gasteiger charge is 2.29. The highest BCUT2D eigenvalue weighted by Crippen LogP contribution is 2.49. The molecule has 5 heterocycles. The molecule has 2 aromatic carbocycles. The lowest BCUT2D eigenvalue weighted by molar-refractivity contribution is -0.145. The first-order valence-electron chi connectivity index (χ1n) is 18.1. The van der Waals surface area contributed by atoms with E-state index in [0.29, 0.717) is 67.0 Å². The second-order valence-corrected chi connectivity index (χ2v) is 14.2. The summed E-state index contributed by atoms with van der Waals surface area (Å²) in [6, 6.07) is 14.2. The average Bonchev–Trinajstić information content (AvgIpc) is 3.94. The van der Waals surface area contributed by atoms with Crippen molar-refractivity contribution in [3.05, 3.63) is 95.0 Å². The number of aromatic nitrogens is 4. The molecule has 0 amide bonds. The van der Waals surface area contributed by atoms with Crippen molar-refractivity contribution in [2.24, 2.45) is 0 Å². The Balaban J connectivity index is 1.23. The van der Waals surface area contributed by atoms with Gasteiger partial charge in [-0.15, -0.1) is 11.3 Å². The van der Waals surface area contributed by atoms with Crippen molar-refractivity contribution in [1.29, 1.82) is 0 Å². The third-order valence-corrected chi connectivity index (χ3v) is 10.9. The van der Waals surface area contributed by atoms with Crippen LogP contribution >= 0.6 is 22.9 Å². The molecule has 0 saturated carbocycles. The lowest BCUT2D eigenvalue weighted by atomic mass is 9.97. The van der Waals surface area contributed by atoms with E-state index in [-0.39, 0.29) is 18.2 Å². The third kappa shape index (κ3) is 8.06. The number of aryl methyl sites for hydroxylation is 1. The van der Waals surface area contributed by atoms with Gasteiger partial charge in [-0.2, -0.15) is 9.49 Å². The molecule has 282 valence electrons. The first kappa shape index (κ1) is 36.0. The maximum atomic E-state index is 14.3. The number of piperazine rings is 1. The molecule has 0 radical (unpaired) electrons. The number of likely N-dealkylation sites (N-methyl/N-ethyl adjacent to an activating group) is 1. The minimum atomic E-state index is -1.72. The molecule has 1 aliphatic heterocycles. The minimum absolute atomic E-state index is 0.0764. The normalized spacial score (nSPS) is 15.2. The Morgan fingerprint density at radius 1 is 1.09 bits per heavy atom. The van der Waals surface area contributed by atoms with Gasteiger partial charge in [-0.05, 0) is 61.9 Å². The SMILES string of the molecule is [2H]C(c1ccccc1OCc1ccnn1CC)C(Oc1ncnc2sc(-c3ccc(F)o3)c(-c3ccc(OCCN4CCN(C)CC4)c(Cl)c3C)c12)C(=O)O. The van der Waals surface area contributed by atoms with Crippen molar-refractivity contribution in [3.63, 3.8) is 0 Å². The number of rotatable bonds is 15. The number of aliphatic carboxylic acids is 1. The largest absolute Gasteiger partial charge is 0.491 e. The molecule has 7 rings (SSSR count). The number of thiophene rings is 1. The summed E-state index contributed by atoms with van der Waals surface area (Å²) in [5.74, 6) is -0.380. The lowest BCUT2D eigenvalue weighted by Crippen LogP contribution is -2.45. The van der Waals surface area contributed by atoms with Crippen molar-refractivity contribution < 1.29 is 34.3 Å². The minimum Gasteiger partial charge on any atom is -0.491 e. The van der Waals surface area contributed by atoms with Crippen LogP contribution in [0.4, 0.5) is 4.39 Å². The molecule has 1 saturated heterocycles. The standard InChI is InChI=1S/C39H40ClFN6O6S/c1-4-47-26(13-14-44-47)22-51-28-8-6-5-7-25(28)21-31(39(48)49)53-37-34-33(36(30-11-12-32(41)52-30)54-38(34)43-23-42-37)27-9-10-29(35(40)24(27)2)50-20-19-46-17-15-45(3)16-18-46/h5-14,23,31H,4,15-22H2,1-3H3,(H,48,49)/i21D. The molecular weight excluding hydrogens is 735 g/mol. The van der Waals surface area contributed by atoms with Crippen molar-refractivity contribution >= 4 is 39.1 Å². The van der Waals surface area contributed by atoms with Crippen LogP contribution in [0.5, 0.6) is 17.4 Å². The molecule has 4 aromatic heterocycles. The number of carbonyl (C=O) groups is 1. The molecule has 0 spiro atoms. The Kier molecular flexibility index (Phi) is 11.0. The molecule has 6 aromatic rings. The predicted molar refractivity (Wildman–Crippen MR) is 204 cm³/mol. The first-order valence-corrected chi connectivity index (χ1v) is 18.7. The van der Waals surface area contributed by atoms with Crippen molar-refractivity contribution in [2.75, 3.05) is 46.4 Å². The van der Waals surface area contributed by atoms with Crippen molar-refractivity contribution in [3.8, 4) is 39.1 Å². The van der Waals surface area contributed by atoms with Gasteiger partial charge in [-0.1, -0.05) is 35.9 Å². The molecule has 2 atom stereocenters. The van der Waals surface area contributed by atoms with Gasteiger partial charge >= 0.3 is 5.97 Å². The van der Waals surface area contributed by atoms with Crippen molar-refractivity contribution in [2.45, 2.75) is 39.5 Å². The van der Waals surface area contributed by atoms with Crippen LogP contribution in [0.1, 0.15) is 25.1 Å². The van der Waals surface area contributed by atoms with E-state index in [9.17, 15) is 14.3 Å². The Labute approximate surface area is 322 Å². The average molecular weight is 776 g/mol. The highest BCUT2D eigenvalue weighted by molar-refractivity contribution is 7.22. The summed E-state index contributed by atoms with van der Waals surface area (Å²) >= 11 is 8.17. The second-order valence-electron chi connectivity index (χ2n) is 12.8. The maximum absolute atomic E-state index is 14.3. The molecule has 0 aliphatic carbocycles. The zero-order valence-corrected chi connectivity index (χ0v) is 31.6. The Morgan fingerprint density at radius 3 is 2.67 bits per heavy atom. The number of para-hydroxylation sites is 1. The van der Waals surface area contributed by atoms with Gasteiger partial charge < -0.3 is 28.6 Å². The number of furan rings is 1. The monoisotopic (exact) mass is 775 g/mol. The molecule has 0 bridgehead atoms. The molecule has 1 N–H and O–H groups in total. The highest BCUT2D eigenvalue weighted by atomic mass is 35.5. The van der Waals surface area contributed by atoms with Gasteiger partial charge in [-0.25, -0.2) is 14.8 Å². The van der Waals surface area contributed by atoms with Crippen LogP contribution < -0.4 is 14.2 Å². The Morgan fingerprint density at radius 2 is 1.91 bits per heavy atom. The van der Waals surface area contributed by atoms with E-state index >= 15 is 0 Å². The topological polar surface area (TPSA) is 128 Å². The zero-order chi connectivity index (χ0) is 38.6. The quantitative estimate of drug-likeness (QED) is 0.114. The predicted octanol–water partition coefficient (Wildman–Crippen LogP) is 7.22. The lowest BCUT2D eigenvalue weighted by Gasteiger charge is -2.32. The van der Waals surface area contributed by atoms with Crippen molar-refractivity contribution in [1.82, 2.24) is 29.5 Å².